The highest BCUT2D eigenvalue weighted by molar-refractivity contribution is 6.31. The third kappa shape index (κ3) is 6.53. The number of hydrogen-bond donors (Lipinski definition) is 2. The molecule has 37 heavy (non-hydrogen) atoms. The van der Waals surface area contributed by atoms with Crippen LogP contribution in [-0.2, 0) is 14.3 Å². The summed E-state index contributed by atoms with van der Waals surface area (Å²) in [7, 11) is 0. The maximum atomic E-state index is 13.6. The lowest BCUT2D eigenvalue weighted by atomic mass is 10.1. The van der Waals surface area contributed by atoms with Crippen LogP contribution in [0.15, 0.2) is 48.8 Å². The molecule has 0 unspecified atom stereocenters. The Labute approximate surface area is 218 Å². The minimum absolute atomic E-state index is 0.00495. The molecule has 1 atom stereocenters. The quantitative estimate of drug-likeness (QED) is 0.421. The van der Waals surface area contributed by atoms with Gasteiger partial charge in [-0.1, -0.05) is 17.7 Å². The Morgan fingerprint density at radius 2 is 2.05 bits per heavy atom. The van der Waals surface area contributed by atoms with Crippen molar-refractivity contribution in [2.24, 2.45) is 0 Å². The van der Waals surface area contributed by atoms with Gasteiger partial charge < -0.3 is 24.8 Å². The van der Waals surface area contributed by atoms with Crippen LogP contribution in [0, 0.1) is 5.82 Å². The number of nitrogens with zero attached hydrogens (tertiary/aromatic N) is 3. The molecule has 0 saturated carbocycles. The molecule has 0 radical (unpaired) electrons. The average Bonchev–Trinajstić information content (AvgIpc) is 3.41. The predicted octanol–water partition coefficient (Wildman–Crippen LogP) is 4.16. The van der Waals surface area contributed by atoms with Crippen LogP contribution >= 0.6 is 11.6 Å². The van der Waals surface area contributed by atoms with E-state index in [1.807, 2.05) is 6.08 Å². The first-order valence-electron chi connectivity index (χ1n) is 12.1. The summed E-state index contributed by atoms with van der Waals surface area (Å²) in [6, 6.07) is 7.85. The van der Waals surface area contributed by atoms with E-state index in [0.717, 1.165) is 19.5 Å². The molecule has 2 aromatic carbocycles. The molecule has 0 bridgehead atoms. The van der Waals surface area contributed by atoms with E-state index in [1.165, 1.54) is 24.5 Å². The van der Waals surface area contributed by atoms with E-state index in [-0.39, 0.29) is 17.0 Å². The van der Waals surface area contributed by atoms with Gasteiger partial charge in [-0.3, -0.25) is 9.69 Å². The van der Waals surface area contributed by atoms with E-state index in [9.17, 15) is 9.18 Å². The zero-order valence-corrected chi connectivity index (χ0v) is 20.8. The lowest BCUT2D eigenvalue weighted by molar-refractivity contribution is -0.111. The van der Waals surface area contributed by atoms with Gasteiger partial charge in [0.25, 0.3) is 0 Å². The standard InChI is InChI=1S/C26H27ClFN5O4/c27-20-12-17(3-4-21(20)28)31-26-19-13-23(32-25(34)2-1-6-33-7-10-35-11-8-33)24(14-22(19)29-16-30-26)37-18-5-9-36-15-18/h1-4,12-14,16,18H,5-11,15H2,(H,32,34)(H,29,30,31)/t18-/m0/s1. The molecule has 3 heterocycles. The third-order valence-corrected chi connectivity index (χ3v) is 6.38. The summed E-state index contributed by atoms with van der Waals surface area (Å²) in [5, 5.41) is 6.73. The number of rotatable bonds is 8. The molecule has 2 aliphatic rings. The smallest absolute Gasteiger partial charge is 0.248 e. The summed E-state index contributed by atoms with van der Waals surface area (Å²) in [5.41, 5.74) is 1.65. The molecule has 9 nitrogen and oxygen atoms in total. The second-order valence-corrected chi connectivity index (χ2v) is 9.16. The lowest BCUT2D eigenvalue weighted by Gasteiger charge is -2.25. The summed E-state index contributed by atoms with van der Waals surface area (Å²) in [6.45, 7) is 4.85. The molecule has 194 valence electrons. The minimum Gasteiger partial charge on any atom is -0.486 e. The Morgan fingerprint density at radius 1 is 1.19 bits per heavy atom. The predicted molar refractivity (Wildman–Crippen MR) is 139 cm³/mol. The van der Waals surface area contributed by atoms with Crippen molar-refractivity contribution in [1.82, 2.24) is 14.9 Å². The summed E-state index contributed by atoms with van der Waals surface area (Å²) in [5.74, 6) is 0.176. The number of carbonyl (C=O) groups excluding carboxylic acids is 1. The molecule has 0 aliphatic carbocycles. The van der Waals surface area contributed by atoms with E-state index < -0.39 is 5.82 Å². The summed E-state index contributed by atoms with van der Waals surface area (Å²) in [4.78, 5) is 23.8. The van der Waals surface area contributed by atoms with E-state index in [4.69, 9.17) is 25.8 Å². The molecule has 0 spiro atoms. The maximum absolute atomic E-state index is 13.6. The zero-order valence-electron chi connectivity index (χ0n) is 20.1. The molecule has 2 aliphatic heterocycles. The highest BCUT2D eigenvalue weighted by atomic mass is 35.5. The number of fused-ring (bicyclic) bond motifs is 1. The SMILES string of the molecule is O=C(C=CCN1CCOCC1)Nc1cc2c(Nc3ccc(F)c(Cl)c3)ncnc2cc1O[C@H]1CCOC1. The summed E-state index contributed by atoms with van der Waals surface area (Å²) in [6.07, 6.45) is 5.41. The number of morpholine rings is 1. The maximum Gasteiger partial charge on any atom is 0.248 e. The Bertz CT molecular complexity index is 1300. The number of ether oxygens (including phenoxy) is 3. The van der Waals surface area contributed by atoms with Crippen LogP contribution in [0.3, 0.4) is 0 Å². The fraction of sp³-hybridized carbons (Fsp3) is 0.346. The van der Waals surface area contributed by atoms with Gasteiger partial charge in [-0.2, -0.15) is 0 Å². The Hall–Kier alpha value is -3.31. The van der Waals surface area contributed by atoms with Crippen molar-refractivity contribution in [3.63, 3.8) is 0 Å². The number of carbonyl (C=O) groups is 1. The number of aromatic nitrogens is 2. The first kappa shape index (κ1) is 25.3. The topological polar surface area (TPSA) is 97.8 Å². The van der Waals surface area contributed by atoms with E-state index >= 15 is 0 Å². The molecule has 2 N–H and O–H groups in total. The Morgan fingerprint density at radius 3 is 2.84 bits per heavy atom. The van der Waals surface area contributed by atoms with Crippen LogP contribution in [0.5, 0.6) is 5.75 Å². The van der Waals surface area contributed by atoms with Crippen LogP contribution in [-0.4, -0.2) is 72.9 Å². The van der Waals surface area contributed by atoms with Crippen LogP contribution in [0.2, 0.25) is 5.02 Å². The van der Waals surface area contributed by atoms with Crippen LogP contribution in [0.4, 0.5) is 21.6 Å². The van der Waals surface area contributed by atoms with Gasteiger partial charge in [0.05, 0.1) is 42.7 Å². The minimum atomic E-state index is -0.510. The van der Waals surface area contributed by atoms with Gasteiger partial charge >= 0.3 is 0 Å². The molecule has 11 heteroatoms. The number of nitrogens with one attached hydrogen (secondary N) is 2. The average molecular weight is 528 g/mol. The van der Waals surface area contributed by atoms with Crippen molar-refractivity contribution in [3.8, 4) is 5.75 Å². The lowest BCUT2D eigenvalue weighted by Crippen LogP contribution is -2.36. The van der Waals surface area contributed by atoms with Crippen molar-refractivity contribution in [3.05, 3.63) is 59.7 Å². The highest BCUT2D eigenvalue weighted by Crippen LogP contribution is 2.35. The molecular weight excluding hydrogens is 501 g/mol. The number of amides is 1. The van der Waals surface area contributed by atoms with Crippen LogP contribution in [0.25, 0.3) is 10.9 Å². The van der Waals surface area contributed by atoms with Gasteiger partial charge in [0.15, 0.2) is 0 Å². The summed E-state index contributed by atoms with van der Waals surface area (Å²) < 4.78 is 30.6. The van der Waals surface area contributed by atoms with E-state index in [2.05, 4.69) is 25.5 Å². The largest absolute Gasteiger partial charge is 0.486 e. The zero-order chi connectivity index (χ0) is 25.6. The first-order valence-corrected chi connectivity index (χ1v) is 12.5. The number of benzene rings is 2. The molecule has 2 saturated heterocycles. The van der Waals surface area contributed by atoms with Crippen molar-refractivity contribution in [2.75, 3.05) is 56.7 Å². The molecule has 1 amide bonds. The normalized spacial score (nSPS) is 18.4. The number of anilines is 3. The van der Waals surface area contributed by atoms with Crippen LogP contribution < -0.4 is 15.4 Å². The van der Waals surface area contributed by atoms with Crippen molar-refractivity contribution in [1.29, 1.82) is 0 Å². The molecular formula is C26H27ClFN5O4. The first-order chi connectivity index (χ1) is 18.0. The molecule has 3 aromatic rings. The Kier molecular flexibility index (Phi) is 8.10. The van der Waals surface area contributed by atoms with Crippen molar-refractivity contribution < 1.29 is 23.4 Å². The van der Waals surface area contributed by atoms with Crippen molar-refractivity contribution in [2.45, 2.75) is 12.5 Å². The van der Waals surface area contributed by atoms with Crippen molar-refractivity contribution >= 4 is 45.6 Å². The van der Waals surface area contributed by atoms with Gasteiger partial charge in [0.2, 0.25) is 5.91 Å². The molecule has 1 aromatic heterocycles. The Balaban J connectivity index is 1.41. The monoisotopic (exact) mass is 527 g/mol. The van der Waals surface area contributed by atoms with Gasteiger partial charge in [-0.05, 0) is 24.3 Å². The highest BCUT2D eigenvalue weighted by Gasteiger charge is 2.21. The molecule has 5 rings (SSSR count). The summed E-state index contributed by atoms with van der Waals surface area (Å²) >= 11 is 5.94. The third-order valence-electron chi connectivity index (χ3n) is 6.09. The fourth-order valence-corrected chi connectivity index (χ4v) is 4.32. The number of hydrogen-bond acceptors (Lipinski definition) is 8. The van der Waals surface area contributed by atoms with Gasteiger partial charge in [0.1, 0.15) is 29.8 Å². The van der Waals surface area contributed by atoms with Gasteiger partial charge in [0, 0.05) is 49.3 Å². The van der Waals surface area contributed by atoms with E-state index in [1.54, 1.807) is 18.2 Å². The second kappa shape index (κ2) is 11.8. The number of halogens is 2. The van der Waals surface area contributed by atoms with Gasteiger partial charge in [-0.25, -0.2) is 14.4 Å². The van der Waals surface area contributed by atoms with E-state index in [0.29, 0.717) is 66.8 Å². The van der Waals surface area contributed by atoms with Gasteiger partial charge in [-0.15, -0.1) is 0 Å². The second-order valence-electron chi connectivity index (χ2n) is 8.75. The fourth-order valence-electron chi connectivity index (χ4n) is 4.14. The van der Waals surface area contributed by atoms with Crippen LogP contribution in [0.1, 0.15) is 6.42 Å². The molecule has 2 fully saturated rings.